The van der Waals surface area contributed by atoms with E-state index in [0.717, 1.165) is 12.1 Å². The molecule has 0 aliphatic heterocycles. The first kappa shape index (κ1) is 18.2. The summed E-state index contributed by atoms with van der Waals surface area (Å²) in [5, 5.41) is 0. The Morgan fingerprint density at radius 1 is 1.38 bits per heavy atom. The topological polar surface area (TPSA) is 74.3 Å². The Bertz CT molecular complexity index is 750. The van der Waals surface area contributed by atoms with Gasteiger partial charge in [0, 0.05) is 29.6 Å². The molecular weight excluding hydrogens is 346 g/mol. The normalized spacial score (nSPS) is 13.8. The van der Waals surface area contributed by atoms with Gasteiger partial charge in [0.15, 0.2) is 4.90 Å². The van der Waals surface area contributed by atoms with Crippen LogP contribution in [0.4, 0.5) is 23.2 Å². The lowest BCUT2D eigenvalue weighted by Gasteiger charge is -2.15. The van der Waals surface area contributed by atoms with Gasteiger partial charge in [-0.3, -0.25) is 4.98 Å². The van der Waals surface area contributed by atoms with Crippen LogP contribution in [0.2, 0.25) is 0 Å². The van der Waals surface area contributed by atoms with Crippen molar-refractivity contribution in [1.82, 2.24) is 4.98 Å². The van der Waals surface area contributed by atoms with Crippen molar-refractivity contribution in [2.24, 2.45) is 10.7 Å². The Balaban J connectivity index is 2.39. The lowest BCUT2D eigenvalue weighted by Crippen LogP contribution is -2.23. The second-order valence-corrected chi connectivity index (χ2v) is 6.33. The quantitative estimate of drug-likeness (QED) is 0.394. The number of aliphatic imine (C=N–C) groups is 1. The average Bonchev–Trinajstić information content (AvgIpc) is 2.49. The molecule has 1 atom stereocenters. The number of amidine groups is 1. The van der Waals surface area contributed by atoms with Crippen molar-refractivity contribution in [1.29, 1.82) is 0 Å². The third-order valence-corrected chi connectivity index (χ3v) is 4.50. The van der Waals surface area contributed by atoms with Crippen LogP contribution in [0.5, 0.6) is 0 Å². The predicted molar refractivity (Wildman–Crippen MR) is 83.1 cm³/mol. The highest BCUT2D eigenvalue weighted by atomic mass is 32.2. The van der Waals surface area contributed by atoms with Crippen LogP contribution in [0, 0.1) is 12.7 Å². The van der Waals surface area contributed by atoms with E-state index in [4.69, 9.17) is 5.73 Å². The van der Waals surface area contributed by atoms with Crippen LogP contribution in [0.25, 0.3) is 0 Å². The van der Waals surface area contributed by atoms with E-state index in [1.54, 1.807) is 12.1 Å². The summed E-state index contributed by atoms with van der Waals surface area (Å²) in [5.74, 6) is -2.34. The van der Waals surface area contributed by atoms with Gasteiger partial charge in [0.05, 0.1) is 0 Å². The zero-order valence-corrected chi connectivity index (χ0v) is 13.3. The summed E-state index contributed by atoms with van der Waals surface area (Å²) in [4.78, 5) is 7.58. The second-order valence-electron chi connectivity index (χ2n) is 4.91. The van der Waals surface area contributed by atoms with Crippen LogP contribution in [-0.2, 0) is 11.2 Å². The highest BCUT2D eigenvalue weighted by molar-refractivity contribution is 7.91. The van der Waals surface area contributed by atoms with E-state index >= 15 is 0 Å². The maximum absolute atomic E-state index is 14.0. The number of pyridine rings is 1. The molecule has 2 rings (SSSR count). The number of nitrogens with two attached hydrogens (primary N) is 1. The molecule has 0 radical (unpaired) electrons. The summed E-state index contributed by atoms with van der Waals surface area (Å²) >= 11 is -2.36. The highest BCUT2D eigenvalue weighted by Crippen LogP contribution is 2.29. The molecule has 0 saturated carbocycles. The maximum atomic E-state index is 14.0. The molecule has 1 heterocycles. The Hall–Kier alpha value is -2.13. The summed E-state index contributed by atoms with van der Waals surface area (Å²) < 4.78 is 63.1. The molecule has 0 aliphatic rings. The van der Waals surface area contributed by atoms with Crippen LogP contribution < -0.4 is 5.73 Å². The lowest BCUT2D eigenvalue weighted by molar-refractivity contribution is -0.106. The summed E-state index contributed by atoms with van der Waals surface area (Å²) in [5.41, 5.74) is 6.04. The van der Waals surface area contributed by atoms with Gasteiger partial charge in [0.25, 0.3) is 0 Å². The number of aromatic nitrogens is 1. The van der Waals surface area contributed by atoms with Crippen molar-refractivity contribution in [2.45, 2.75) is 18.0 Å². The molecule has 0 aliphatic carbocycles. The number of nitrogens with zero attached hydrogens (tertiary/aromatic N) is 2. The van der Waals surface area contributed by atoms with Gasteiger partial charge < -0.3 is 10.3 Å². The minimum absolute atomic E-state index is 0.0570. The average molecular weight is 359 g/mol. The molecule has 0 saturated heterocycles. The van der Waals surface area contributed by atoms with Gasteiger partial charge in [-0.1, -0.05) is 0 Å². The third kappa shape index (κ3) is 4.68. The Morgan fingerprint density at radius 3 is 2.67 bits per heavy atom. The number of hydrogen-bond donors (Lipinski definition) is 1. The summed E-state index contributed by atoms with van der Waals surface area (Å²) in [6.07, 6.45) is -1.67. The first-order chi connectivity index (χ1) is 11.2. The van der Waals surface area contributed by atoms with Crippen molar-refractivity contribution in [2.75, 3.05) is 5.75 Å². The summed E-state index contributed by atoms with van der Waals surface area (Å²) in [6, 6.07) is 5.21. The van der Waals surface area contributed by atoms with Crippen LogP contribution in [0.15, 0.2) is 46.5 Å². The molecule has 0 fully saturated rings. The van der Waals surface area contributed by atoms with Gasteiger partial charge >= 0.3 is 6.18 Å². The standard InChI is InChI=1S/C15H13F4N3OS/c1-9-5-11(16)12(6-13(9)24(23)8-15(17,18)19)22-14(20)10-3-2-4-21-7-10/h2-7H,8H2,1H3,(H2,20,22). The number of aryl methyl sites for hydroxylation is 1. The fourth-order valence-corrected chi connectivity index (χ4v) is 3.02. The minimum atomic E-state index is -4.59. The maximum Gasteiger partial charge on any atom is 0.433 e. The molecule has 1 aromatic heterocycles. The minimum Gasteiger partial charge on any atom is -0.611 e. The van der Waals surface area contributed by atoms with E-state index in [2.05, 4.69) is 9.98 Å². The fourth-order valence-electron chi connectivity index (χ4n) is 1.91. The Kier molecular flexibility index (Phi) is 5.45. The molecule has 128 valence electrons. The van der Waals surface area contributed by atoms with E-state index in [-0.39, 0.29) is 22.0 Å². The molecule has 1 unspecified atom stereocenters. The van der Waals surface area contributed by atoms with E-state index < -0.39 is 28.9 Å². The smallest absolute Gasteiger partial charge is 0.433 e. The van der Waals surface area contributed by atoms with Crippen LogP contribution in [-0.4, -0.2) is 27.3 Å². The molecule has 0 amide bonds. The van der Waals surface area contributed by atoms with E-state index in [1.165, 1.54) is 19.3 Å². The fraction of sp³-hybridized carbons (Fsp3) is 0.200. The molecule has 1 aromatic carbocycles. The third-order valence-electron chi connectivity index (χ3n) is 2.98. The van der Waals surface area contributed by atoms with Crippen molar-refractivity contribution < 1.29 is 22.1 Å². The first-order valence-corrected chi connectivity index (χ1v) is 7.99. The van der Waals surface area contributed by atoms with E-state index in [0.29, 0.717) is 5.56 Å². The monoisotopic (exact) mass is 359 g/mol. The summed E-state index contributed by atoms with van der Waals surface area (Å²) in [6.45, 7) is 1.38. The van der Waals surface area contributed by atoms with Crippen molar-refractivity contribution in [3.05, 3.63) is 53.6 Å². The molecular formula is C15H13F4N3OS. The Morgan fingerprint density at radius 2 is 2.08 bits per heavy atom. The van der Waals surface area contributed by atoms with Crippen molar-refractivity contribution in [3.63, 3.8) is 0 Å². The van der Waals surface area contributed by atoms with Gasteiger partial charge in [0.2, 0.25) is 5.75 Å². The molecule has 0 spiro atoms. The van der Waals surface area contributed by atoms with Crippen LogP contribution in [0.1, 0.15) is 11.1 Å². The summed E-state index contributed by atoms with van der Waals surface area (Å²) in [7, 11) is 0. The van der Waals surface area contributed by atoms with Gasteiger partial charge in [-0.05, 0) is 36.3 Å². The van der Waals surface area contributed by atoms with Crippen molar-refractivity contribution >= 4 is 22.7 Å². The van der Waals surface area contributed by atoms with Crippen molar-refractivity contribution in [3.8, 4) is 0 Å². The predicted octanol–water partition coefficient (Wildman–Crippen LogP) is 3.24. The number of rotatable bonds is 4. The lowest BCUT2D eigenvalue weighted by atomic mass is 10.2. The zero-order chi connectivity index (χ0) is 17.9. The molecule has 2 aromatic rings. The largest absolute Gasteiger partial charge is 0.611 e. The Labute approximate surface area is 138 Å². The number of hydrogen-bond acceptors (Lipinski definition) is 3. The number of halogens is 4. The first-order valence-electron chi connectivity index (χ1n) is 6.67. The zero-order valence-electron chi connectivity index (χ0n) is 12.5. The molecule has 2 N–H and O–H groups in total. The highest BCUT2D eigenvalue weighted by Gasteiger charge is 2.36. The van der Waals surface area contributed by atoms with E-state index in [9.17, 15) is 22.1 Å². The van der Waals surface area contributed by atoms with Gasteiger partial charge in [-0.25, -0.2) is 9.38 Å². The van der Waals surface area contributed by atoms with Crippen LogP contribution >= 0.6 is 0 Å². The number of alkyl halides is 3. The molecule has 0 bridgehead atoms. The van der Waals surface area contributed by atoms with Gasteiger partial charge in [-0.15, -0.1) is 0 Å². The van der Waals surface area contributed by atoms with Crippen LogP contribution in [0.3, 0.4) is 0 Å². The number of benzene rings is 1. The van der Waals surface area contributed by atoms with Gasteiger partial charge in [0.1, 0.15) is 17.3 Å². The van der Waals surface area contributed by atoms with E-state index in [1.807, 2.05) is 0 Å². The second kappa shape index (κ2) is 7.18. The molecule has 9 heteroatoms. The SMILES string of the molecule is Cc1cc(F)c(/N=C(\N)c2cccnc2)cc1[S+]([O-])CC(F)(F)F. The molecule has 4 nitrogen and oxygen atoms in total. The van der Waals surface area contributed by atoms with Gasteiger partial charge in [-0.2, -0.15) is 13.2 Å². The molecule has 24 heavy (non-hydrogen) atoms.